The highest BCUT2D eigenvalue weighted by Crippen LogP contribution is 2.31. The highest BCUT2D eigenvalue weighted by atomic mass is 16.6. The highest BCUT2D eigenvalue weighted by molar-refractivity contribution is 5.93. The van der Waals surface area contributed by atoms with E-state index in [2.05, 4.69) is 12.2 Å². The molecule has 0 unspecified atom stereocenters. The molecule has 31 heavy (non-hydrogen) atoms. The zero-order valence-corrected chi connectivity index (χ0v) is 18.1. The Kier molecular flexibility index (Phi) is 6.42. The van der Waals surface area contributed by atoms with E-state index in [4.69, 9.17) is 9.47 Å². The van der Waals surface area contributed by atoms with Gasteiger partial charge in [-0.1, -0.05) is 31.2 Å². The standard InChI is InChI=1S/C24H29N3O4/c1-3-18-8-10-19(11-9-18)25-23(28)17(2)26-12-14-27(15-13-26)24(29)22-16-30-20-6-4-5-7-21(20)31-22/h4-11,17,22H,3,12-16H2,1-2H3,(H,25,28)/p+1/t17-,22+/m1/s1. The summed E-state index contributed by atoms with van der Waals surface area (Å²) in [7, 11) is 0. The average molecular weight is 425 g/mol. The molecule has 0 aromatic heterocycles. The van der Waals surface area contributed by atoms with Crippen LogP contribution in [0.3, 0.4) is 0 Å². The molecule has 2 aliphatic heterocycles. The number of rotatable bonds is 5. The number of aryl methyl sites for hydroxylation is 1. The first-order chi connectivity index (χ1) is 15.0. The van der Waals surface area contributed by atoms with E-state index in [9.17, 15) is 9.59 Å². The minimum atomic E-state index is -0.622. The smallest absolute Gasteiger partial charge is 0.282 e. The number of benzene rings is 2. The van der Waals surface area contributed by atoms with Crippen molar-refractivity contribution in [3.8, 4) is 11.5 Å². The fourth-order valence-corrected chi connectivity index (χ4v) is 4.05. The molecule has 2 amide bonds. The van der Waals surface area contributed by atoms with Gasteiger partial charge < -0.3 is 24.6 Å². The lowest BCUT2D eigenvalue weighted by Crippen LogP contribution is -3.19. The quantitative estimate of drug-likeness (QED) is 0.755. The summed E-state index contributed by atoms with van der Waals surface area (Å²) in [5.74, 6) is 1.22. The van der Waals surface area contributed by atoms with E-state index in [0.717, 1.165) is 25.2 Å². The molecule has 0 aliphatic carbocycles. The zero-order valence-electron chi connectivity index (χ0n) is 18.1. The van der Waals surface area contributed by atoms with E-state index in [1.165, 1.54) is 10.5 Å². The van der Waals surface area contributed by atoms with Crippen LogP contribution in [0.25, 0.3) is 0 Å². The largest absolute Gasteiger partial charge is 0.485 e. The normalized spacial score (nSPS) is 19.5. The van der Waals surface area contributed by atoms with Crippen molar-refractivity contribution in [3.63, 3.8) is 0 Å². The van der Waals surface area contributed by atoms with Crippen molar-refractivity contribution in [1.82, 2.24) is 4.90 Å². The minimum Gasteiger partial charge on any atom is -0.485 e. The Morgan fingerprint density at radius 2 is 1.77 bits per heavy atom. The number of fused-ring (bicyclic) bond motifs is 1. The van der Waals surface area contributed by atoms with E-state index in [0.29, 0.717) is 24.6 Å². The summed E-state index contributed by atoms with van der Waals surface area (Å²) in [6.45, 7) is 6.90. The van der Waals surface area contributed by atoms with Crippen molar-refractivity contribution < 1.29 is 24.0 Å². The first kappa shape index (κ1) is 21.2. The van der Waals surface area contributed by atoms with Gasteiger partial charge in [0.05, 0.1) is 26.2 Å². The number of amides is 2. The summed E-state index contributed by atoms with van der Waals surface area (Å²) in [6, 6.07) is 15.2. The number of carbonyl (C=O) groups excluding carboxylic acids is 2. The van der Waals surface area contributed by atoms with Crippen molar-refractivity contribution in [3.05, 3.63) is 54.1 Å². The molecule has 2 atom stereocenters. The number of para-hydroxylation sites is 2. The molecule has 1 fully saturated rings. The van der Waals surface area contributed by atoms with Crippen molar-refractivity contribution in [1.29, 1.82) is 0 Å². The third-order valence-electron chi connectivity index (χ3n) is 6.14. The van der Waals surface area contributed by atoms with Gasteiger partial charge in [0, 0.05) is 5.69 Å². The second-order valence-electron chi connectivity index (χ2n) is 8.11. The predicted molar refractivity (Wildman–Crippen MR) is 118 cm³/mol. The second-order valence-corrected chi connectivity index (χ2v) is 8.11. The fourth-order valence-electron chi connectivity index (χ4n) is 4.05. The Hall–Kier alpha value is -3.06. The number of ether oxygens (including phenoxy) is 2. The van der Waals surface area contributed by atoms with Gasteiger partial charge in [0.1, 0.15) is 6.61 Å². The summed E-state index contributed by atoms with van der Waals surface area (Å²) in [4.78, 5) is 28.6. The number of hydrogen-bond acceptors (Lipinski definition) is 4. The monoisotopic (exact) mass is 424 g/mol. The lowest BCUT2D eigenvalue weighted by Gasteiger charge is -2.37. The molecule has 2 heterocycles. The van der Waals surface area contributed by atoms with Gasteiger partial charge in [0.2, 0.25) is 6.10 Å². The molecule has 4 rings (SSSR count). The molecule has 164 valence electrons. The van der Waals surface area contributed by atoms with Crippen LogP contribution in [-0.2, 0) is 16.0 Å². The SMILES string of the molecule is CCc1ccc(NC(=O)[C@@H](C)[NH+]2CCN(C(=O)[C@@H]3COc4ccccc4O3)CC2)cc1. The Morgan fingerprint density at radius 3 is 2.45 bits per heavy atom. The molecule has 2 N–H and O–H groups in total. The van der Waals surface area contributed by atoms with Crippen LogP contribution in [0.5, 0.6) is 11.5 Å². The molecule has 0 bridgehead atoms. The Balaban J connectivity index is 1.27. The third kappa shape index (κ3) is 4.82. The van der Waals surface area contributed by atoms with Crippen LogP contribution < -0.4 is 19.7 Å². The van der Waals surface area contributed by atoms with E-state index >= 15 is 0 Å². The molecule has 1 saturated heterocycles. The van der Waals surface area contributed by atoms with Crippen molar-refractivity contribution in [2.24, 2.45) is 0 Å². The van der Waals surface area contributed by atoms with Gasteiger partial charge in [0.25, 0.3) is 11.8 Å². The van der Waals surface area contributed by atoms with Crippen LogP contribution in [0.1, 0.15) is 19.4 Å². The van der Waals surface area contributed by atoms with Gasteiger partial charge in [0.15, 0.2) is 17.5 Å². The zero-order chi connectivity index (χ0) is 21.8. The Morgan fingerprint density at radius 1 is 1.10 bits per heavy atom. The maximum Gasteiger partial charge on any atom is 0.282 e. The third-order valence-corrected chi connectivity index (χ3v) is 6.14. The van der Waals surface area contributed by atoms with Crippen LogP contribution in [0.15, 0.2) is 48.5 Å². The molecule has 7 heteroatoms. The number of anilines is 1. The van der Waals surface area contributed by atoms with E-state index in [-0.39, 0.29) is 24.5 Å². The molecular weight excluding hydrogens is 394 g/mol. The Labute approximate surface area is 182 Å². The van der Waals surface area contributed by atoms with Gasteiger partial charge in [-0.25, -0.2) is 0 Å². The number of nitrogens with zero attached hydrogens (tertiary/aromatic N) is 1. The average Bonchev–Trinajstić information content (AvgIpc) is 2.83. The Bertz CT molecular complexity index is 923. The van der Waals surface area contributed by atoms with Crippen molar-refractivity contribution in [2.45, 2.75) is 32.4 Å². The van der Waals surface area contributed by atoms with Gasteiger partial charge in [-0.2, -0.15) is 0 Å². The van der Waals surface area contributed by atoms with Gasteiger partial charge in [-0.05, 0) is 43.2 Å². The second kappa shape index (κ2) is 9.39. The summed E-state index contributed by atoms with van der Waals surface area (Å²) < 4.78 is 11.5. The fraction of sp³-hybridized carbons (Fsp3) is 0.417. The molecule has 2 aliphatic rings. The lowest BCUT2D eigenvalue weighted by molar-refractivity contribution is -0.917. The van der Waals surface area contributed by atoms with Gasteiger partial charge >= 0.3 is 0 Å². The molecule has 7 nitrogen and oxygen atoms in total. The van der Waals surface area contributed by atoms with E-state index in [1.54, 1.807) is 0 Å². The summed E-state index contributed by atoms with van der Waals surface area (Å²) in [6.07, 6.45) is 0.353. The molecule has 0 spiro atoms. The molecular formula is C24H30N3O4+. The van der Waals surface area contributed by atoms with Crippen LogP contribution >= 0.6 is 0 Å². The summed E-state index contributed by atoms with van der Waals surface area (Å²) in [5.41, 5.74) is 2.06. The minimum absolute atomic E-state index is 0.000328. The van der Waals surface area contributed by atoms with E-state index < -0.39 is 6.10 Å². The first-order valence-electron chi connectivity index (χ1n) is 11.0. The first-order valence-corrected chi connectivity index (χ1v) is 11.0. The topological polar surface area (TPSA) is 72.3 Å². The summed E-state index contributed by atoms with van der Waals surface area (Å²) >= 11 is 0. The predicted octanol–water partition coefficient (Wildman–Crippen LogP) is 1.14. The van der Waals surface area contributed by atoms with Crippen molar-refractivity contribution >= 4 is 17.5 Å². The van der Waals surface area contributed by atoms with Gasteiger partial charge in [-0.3, -0.25) is 9.59 Å². The number of nitrogens with one attached hydrogen (secondary N) is 2. The lowest BCUT2D eigenvalue weighted by atomic mass is 10.1. The van der Waals surface area contributed by atoms with E-state index in [1.807, 2.05) is 60.4 Å². The maximum atomic E-state index is 12.9. The van der Waals surface area contributed by atoms with Crippen LogP contribution in [0.4, 0.5) is 5.69 Å². The molecule has 0 radical (unpaired) electrons. The number of carbonyl (C=O) groups is 2. The molecule has 2 aromatic carbocycles. The van der Waals surface area contributed by atoms with Crippen LogP contribution in [0.2, 0.25) is 0 Å². The van der Waals surface area contributed by atoms with Crippen LogP contribution in [-0.4, -0.2) is 61.6 Å². The maximum absolute atomic E-state index is 12.9. The number of hydrogen-bond donors (Lipinski definition) is 2. The number of quaternary nitrogens is 1. The summed E-state index contributed by atoms with van der Waals surface area (Å²) in [5, 5.41) is 3.01. The van der Waals surface area contributed by atoms with Crippen molar-refractivity contribution in [2.75, 3.05) is 38.1 Å². The number of piperazine rings is 1. The molecule has 0 saturated carbocycles. The highest BCUT2D eigenvalue weighted by Gasteiger charge is 2.35. The van der Waals surface area contributed by atoms with Crippen LogP contribution in [0, 0.1) is 0 Å². The van der Waals surface area contributed by atoms with Gasteiger partial charge in [-0.15, -0.1) is 0 Å². The molecule has 2 aromatic rings.